The molecule has 0 aliphatic carbocycles. The van der Waals surface area contributed by atoms with Crippen LogP contribution in [0.1, 0.15) is 11.3 Å². The molecule has 2 rings (SSSR count). The summed E-state index contributed by atoms with van der Waals surface area (Å²) in [6.45, 7) is 1.84. The Morgan fingerprint density at radius 1 is 1.32 bits per heavy atom. The lowest BCUT2D eigenvalue weighted by atomic mass is 10.2. The normalized spacial score (nSPS) is 11.7. The maximum atomic E-state index is 12.3. The van der Waals surface area contributed by atoms with Gasteiger partial charge in [-0.2, -0.15) is 5.10 Å². The molecular weight excluding hydrogens is 319 g/mol. The van der Waals surface area contributed by atoms with E-state index in [1.807, 2.05) is 12.3 Å². The third kappa shape index (κ3) is 4.62. The fourth-order valence-electron chi connectivity index (χ4n) is 1.55. The van der Waals surface area contributed by atoms with Crippen LogP contribution in [0.25, 0.3) is 0 Å². The molecule has 0 bridgehead atoms. The Kier molecular flexibility index (Phi) is 4.86. The lowest BCUT2D eigenvalue weighted by Crippen LogP contribution is -2.17. The first-order chi connectivity index (χ1) is 10.4. The topological polar surface area (TPSA) is 55.7 Å². The van der Waals surface area contributed by atoms with Gasteiger partial charge in [-0.15, -0.1) is 24.5 Å². The standard InChI is InChI=1S/C13H12F3N3O2S/c1-8-7-22-12(18-8)19-17-6-9-3-4-10(20-2)11(5-9)21-13(14,15)16/h3-7H,1-2H3,(H,18,19). The third-order valence-corrected chi connectivity index (χ3v) is 3.27. The second kappa shape index (κ2) is 6.65. The summed E-state index contributed by atoms with van der Waals surface area (Å²) in [6, 6.07) is 4.11. The van der Waals surface area contributed by atoms with Crippen molar-refractivity contribution in [3.63, 3.8) is 0 Å². The van der Waals surface area contributed by atoms with Crippen LogP contribution in [0.15, 0.2) is 28.7 Å². The predicted octanol–water partition coefficient (Wildman–Crippen LogP) is 3.80. The molecule has 0 atom stereocenters. The Labute approximate surface area is 128 Å². The van der Waals surface area contributed by atoms with Crippen LogP contribution in [-0.4, -0.2) is 24.7 Å². The number of aromatic nitrogens is 1. The first-order valence-corrected chi connectivity index (χ1v) is 6.90. The number of thiazole rings is 1. The number of hydrazone groups is 1. The highest BCUT2D eigenvalue weighted by atomic mass is 32.1. The van der Waals surface area contributed by atoms with Gasteiger partial charge in [0.1, 0.15) is 0 Å². The quantitative estimate of drug-likeness (QED) is 0.669. The van der Waals surface area contributed by atoms with E-state index < -0.39 is 12.1 Å². The molecule has 0 aliphatic rings. The van der Waals surface area contributed by atoms with Gasteiger partial charge < -0.3 is 9.47 Å². The van der Waals surface area contributed by atoms with Crippen LogP contribution in [0.2, 0.25) is 0 Å². The average Bonchev–Trinajstić information content (AvgIpc) is 2.83. The third-order valence-electron chi connectivity index (χ3n) is 2.41. The summed E-state index contributed by atoms with van der Waals surface area (Å²) in [4.78, 5) is 4.14. The summed E-state index contributed by atoms with van der Waals surface area (Å²) < 4.78 is 45.7. The summed E-state index contributed by atoms with van der Waals surface area (Å²) in [5.74, 6) is -0.443. The van der Waals surface area contributed by atoms with Gasteiger partial charge in [0.25, 0.3) is 0 Å². The van der Waals surface area contributed by atoms with Crippen LogP contribution in [0, 0.1) is 6.92 Å². The molecule has 1 N–H and O–H groups in total. The molecule has 22 heavy (non-hydrogen) atoms. The smallest absolute Gasteiger partial charge is 0.493 e. The number of alkyl halides is 3. The van der Waals surface area contributed by atoms with Crippen molar-refractivity contribution >= 4 is 22.7 Å². The number of anilines is 1. The van der Waals surface area contributed by atoms with Gasteiger partial charge in [0, 0.05) is 5.38 Å². The molecule has 1 aromatic carbocycles. The van der Waals surface area contributed by atoms with Gasteiger partial charge in [-0.25, -0.2) is 4.98 Å². The van der Waals surface area contributed by atoms with E-state index in [9.17, 15) is 13.2 Å². The second-order valence-electron chi connectivity index (χ2n) is 4.12. The first kappa shape index (κ1) is 16.1. The van der Waals surface area contributed by atoms with Crippen LogP contribution in [0.4, 0.5) is 18.3 Å². The molecule has 0 fully saturated rings. The van der Waals surface area contributed by atoms with Gasteiger partial charge in [-0.05, 0) is 30.7 Å². The zero-order valence-corrected chi connectivity index (χ0v) is 12.5. The molecular formula is C13H12F3N3O2S. The minimum Gasteiger partial charge on any atom is -0.493 e. The zero-order chi connectivity index (χ0) is 16.2. The molecule has 5 nitrogen and oxygen atoms in total. The van der Waals surface area contributed by atoms with Crippen molar-refractivity contribution in [2.75, 3.05) is 12.5 Å². The minimum atomic E-state index is -4.79. The van der Waals surface area contributed by atoms with E-state index in [4.69, 9.17) is 4.74 Å². The van der Waals surface area contributed by atoms with Crippen molar-refractivity contribution in [3.05, 3.63) is 34.8 Å². The summed E-state index contributed by atoms with van der Waals surface area (Å²) in [6.07, 6.45) is -3.43. The number of hydrogen-bond donors (Lipinski definition) is 1. The molecule has 2 aromatic rings. The predicted molar refractivity (Wildman–Crippen MR) is 77.7 cm³/mol. The Bertz CT molecular complexity index is 671. The lowest BCUT2D eigenvalue weighted by Gasteiger charge is -2.12. The SMILES string of the molecule is COc1ccc(C=NNc2nc(C)cs2)cc1OC(F)(F)F. The van der Waals surface area contributed by atoms with Gasteiger partial charge in [-0.1, -0.05) is 0 Å². The molecule has 0 radical (unpaired) electrons. The average molecular weight is 331 g/mol. The number of rotatable bonds is 5. The molecule has 9 heteroatoms. The van der Waals surface area contributed by atoms with Crippen molar-refractivity contribution in [2.45, 2.75) is 13.3 Å². The number of nitrogens with zero attached hydrogens (tertiary/aromatic N) is 2. The van der Waals surface area contributed by atoms with Crippen molar-refractivity contribution in [1.82, 2.24) is 4.98 Å². The fraction of sp³-hybridized carbons (Fsp3) is 0.231. The van der Waals surface area contributed by atoms with E-state index in [1.54, 1.807) is 6.07 Å². The second-order valence-corrected chi connectivity index (χ2v) is 4.98. The highest BCUT2D eigenvalue weighted by molar-refractivity contribution is 7.13. The van der Waals surface area contributed by atoms with Crippen molar-refractivity contribution in [3.8, 4) is 11.5 Å². The monoisotopic (exact) mass is 331 g/mol. The number of methoxy groups -OCH3 is 1. The lowest BCUT2D eigenvalue weighted by molar-refractivity contribution is -0.275. The van der Waals surface area contributed by atoms with Crippen LogP contribution < -0.4 is 14.9 Å². The molecule has 0 aliphatic heterocycles. The number of hydrogen-bond acceptors (Lipinski definition) is 6. The van der Waals surface area contributed by atoms with E-state index in [0.717, 1.165) is 5.69 Å². The van der Waals surface area contributed by atoms with Crippen molar-refractivity contribution < 1.29 is 22.6 Å². The molecule has 0 amide bonds. The Balaban J connectivity index is 2.12. The maximum absolute atomic E-state index is 12.3. The minimum absolute atomic E-state index is 0.0158. The molecule has 0 saturated heterocycles. The summed E-state index contributed by atoms with van der Waals surface area (Å²) in [5, 5.41) is 6.35. The maximum Gasteiger partial charge on any atom is 0.573 e. The highest BCUT2D eigenvalue weighted by Gasteiger charge is 2.32. The van der Waals surface area contributed by atoms with E-state index in [2.05, 4.69) is 20.2 Å². The van der Waals surface area contributed by atoms with E-state index in [1.165, 1.54) is 36.8 Å². The van der Waals surface area contributed by atoms with Gasteiger partial charge in [0.05, 0.1) is 19.0 Å². The summed E-state index contributed by atoms with van der Waals surface area (Å²) in [7, 11) is 1.26. The molecule has 0 spiro atoms. The van der Waals surface area contributed by atoms with Crippen LogP contribution in [0.3, 0.4) is 0 Å². The van der Waals surface area contributed by atoms with Crippen LogP contribution in [-0.2, 0) is 0 Å². The largest absolute Gasteiger partial charge is 0.573 e. The van der Waals surface area contributed by atoms with E-state index in [-0.39, 0.29) is 5.75 Å². The Morgan fingerprint density at radius 3 is 2.68 bits per heavy atom. The number of halogens is 3. The molecule has 0 saturated carbocycles. The highest BCUT2D eigenvalue weighted by Crippen LogP contribution is 2.32. The summed E-state index contributed by atoms with van der Waals surface area (Å²) >= 11 is 1.37. The van der Waals surface area contributed by atoms with Gasteiger partial charge >= 0.3 is 6.36 Å². The van der Waals surface area contributed by atoms with E-state index >= 15 is 0 Å². The molecule has 1 aromatic heterocycles. The van der Waals surface area contributed by atoms with Gasteiger partial charge in [-0.3, -0.25) is 5.43 Å². The van der Waals surface area contributed by atoms with Gasteiger partial charge in [0.2, 0.25) is 5.13 Å². The van der Waals surface area contributed by atoms with Crippen LogP contribution >= 0.6 is 11.3 Å². The van der Waals surface area contributed by atoms with Crippen molar-refractivity contribution in [1.29, 1.82) is 0 Å². The zero-order valence-electron chi connectivity index (χ0n) is 11.6. The van der Waals surface area contributed by atoms with E-state index in [0.29, 0.717) is 10.7 Å². The number of ether oxygens (including phenoxy) is 2. The van der Waals surface area contributed by atoms with Gasteiger partial charge in [0.15, 0.2) is 11.5 Å². The molecule has 0 unspecified atom stereocenters. The molecule has 118 valence electrons. The number of aryl methyl sites for hydroxylation is 1. The fourth-order valence-corrected chi connectivity index (χ4v) is 2.18. The molecule has 1 heterocycles. The Hall–Kier alpha value is -2.29. The van der Waals surface area contributed by atoms with Crippen molar-refractivity contribution in [2.24, 2.45) is 5.10 Å². The first-order valence-electron chi connectivity index (χ1n) is 6.02. The summed E-state index contributed by atoms with van der Waals surface area (Å²) in [5.41, 5.74) is 3.96. The number of benzene rings is 1. The van der Waals surface area contributed by atoms with Crippen LogP contribution in [0.5, 0.6) is 11.5 Å². The number of nitrogens with one attached hydrogen (secondary N) is 1. The Morgan fingerprint density at radius 2 is 2.09 bits per heavy atom.